The molecule has 96 valence electrons. The van der Waals surface area contributed by atoms with Crippen molar-refractivity contribution in [1.29, 1.82) is 0 Å². The van der Waals surface area contributed by atoms with Gasteiger partial charge in [-0.1, -0.05) is 29.3 Å². The summed E-state index contributed by atoms with van der Waals surface area (Å²) in [4.78, 5) is 4.83. The number of hydrogen-bond acceptors (Lipinski definition) is 2. The molecule has 0 aliphatic rings. The second-order valence-electron chi connectivity index (χ2n) is 4.62. The van der Waals surface area contributed by atoms with E-state index in [-0.39, 0.29) is 6.10 Å². The molecule has 1 atom stereocenters. The number of pyridine rings is 1. The Balaban J connectivity index is 2.48. The molecule has 0 N–H and O–H groups in total. The Bertz CT molecular complexity index is 328. The zero-order valence-electron chi connectivity index (χ0n) is 10.9. The second-order valence-corrected chi connectivity index (χ2v) is 5.92. The van der Waals surface area contributed by atoms with E-state index in [4.69, 9.17) is 4.74 Å². The highest BCUT2D eigenvalue weighted by molar-refractivity contribution is 9.09. The first kappa shape index (κ1) is 14.5. The van der Waals surface area contributed by atoms with Gasteiger partial charge in [0.1, 0.15) is 5.75 Å². The molecule has 0 aromatic carbocycles. The molecule has 0 aliphatic carbocycles. The van der Waals surface area contributed by atoms with Crippen LogP contribution in [-0.2, 0) is 6.42 Å². The van der Waals surface area contributed by atoms with Gasteiger partial charge >= 0.3 is 0 Å². The average Bonchev–Trinajstić information content (AvgIpc) is 2.26. The molecule has 1 aromatic heterocycles. The number of rotatable bonds is 7. The number of aryl methyl sites for hydroxylation is 1. The zero-order valence-corrected chi connectivity index (χ0v) is 12.5. The van der Waals surface area contributed by atoms with Crippen molar-refractivity contribution in [2.45, 2.75) is 57.4 Å². The number of ether oxygens (including phenoxy) is 1. The molecule has 0 saturated heterocycles. The van der Waals surface area contributed by atoms with E-state index in [1.54, 1.807) is 6.20 Å². The molecule has 0 radical (unpaired) electrons. The molecule has 0 bridgehead atoms. The Labute approximate surface area is 113 Å². The number of aromatic nitrogens is 1. The van der Waals surface area contributed by atoms with Crippen LogP contribution in [-0.4, -0.2) is 15.9 Å². The van der Waals surface area contributed by atoms with Crippen molar-refractivity contribution in [1.82, 2.24) is 4.98 Å². The lowest BCUT2D eigenvalue weighted by atomic mass is 10.1. The van der Waals surface area contributed by atoms with Crippen molar-refractivity contribution in [2.24, 2.45) is 0 Å². The Morgan fingerprint density at radius 1 is 1.29 bits per heavy atom. The first-order chi connectivity index (χ1) is 8.11. The third-order valence-corrected chi connectivity index (χ3v) is 3.41. The number of alkyl halides is 1. The predicted octanol–water partition coefficient (Wildman–Crippen LogP) is 4.37. The van der Waals surface area contributed by atoms with Crippen molar-refractivity contribution >= 4 is 15.9 Å². The van der Waals surface area contributed by atoms with Gasteiger partial charge in [0.2, 0.25) is 0 Å². The van der Waals surface area contributed by atoms with Gasteiger partial charge in [-0.3, -0.25) is 4.98 Å². The molecular formula is C14H22BrNO. The molecule has 0 spiro atoms. The molecule has 0 aliphatic heterocycles. The smallest absolute Gasteiger partial charge is 0.138 e. The van der Waals surface area contributed by atoms with Crippen molar-refractivity contribution in [2.75, 3.05) is 0 Å². The van der Waals surface area contributed by atoms with Gasteiger partial charge in [0.05, 0.1) is 12.3 Å². The third kappa shape index (κ3) is 6.06. The molecule has 0 amide bonds. The highest BCUT2D eigenvalue weighted by atomic mass is 79.9. The summed E-state index contributed by atoms with van der Waals surface area (Å²) in [7, 11) is 0. The van der Waals surface area contributed by atoms with Gasteiger partial charge in [-0.05, 0) is 44.7 Å². The van der Waals surface area contributed by atoms with Gasteiger partial charge in [-0.15, -0.1) is 0 Å². The minimum Gasteiger partial charge on any atom is -0.489 e. The van der Waals surface area contributed by atoms with Gasteiger partial charge < -0.3 is 4.74 Å². The zero-order chi connectivity index (χ0) is 12.7. The molecule has 17 heavy (non-hydrogen) atoms. The van der Waals surface area contributed by atoms with Crippen LogP contribution in [0.5, 0.6) is 5.75 Å². The normalized spacial score (nSPS) is 12.8. The van der Waals surface area contributed by atoms with Crippen LogP contribution in [0.1, 0.15) is 45.6 Å². The maximum absolute atomic E-state index is 5.63. The number of halogens is 1. The fourth-order valence-corrected chi connectivity index (χ4v) is 2.40. The summed E-state index contributed by atoms with van der Waals surface area (Å²) in [6.45, 7) is 6.28. The summed E-state index contributed by atoms with van der Waals surface area (Å²) < 4.78 is 5.63. The average molecular weight is 300 g/mol. The number of nitrogens with zero attached hydrogens (tertiary/aromatic N) is 1. The summed E-state index contributed by atoms with van der Waals surface area (Å²) >= 11 is 3.70. The van der Waals surface area contributed by atoms with Gasteiger partial charge in [0.25, 0.3) is 0 Å². The number of hydrogen-bond donors (Lipinski definition) is 0. The van der Waals surface area contributed by atoms with E-state index in [1.807, 2.05) is 20.0 Å². The molecule has 1 aromatic rings. The monoisotopic (exact) mass is 299 g/mol. The van der Waals surface area contributed by atoms with E-state index in [1.165, 1.54) is 18.4 Å². The van der Waals surface area contributed by atoms with Gasteiger partial charge in [0, 0.05) is 11.0 Å². The molecule has 1 heterocycles. The van der Waals surface area contributed by atoms with Crippen molar-refractivity contribution < 1.29 is 4.74 Å². The maximum atomic E-state index is 5.63. The van der Waals surface area contributed by atoms with E-state index in [2.05, 4.69) is 33.9 Å². The lowest BCUT2D eigenvalue weighted by Crippen LogP contribution is -2.06. The van der Waals surface area contributed by atoms with Crippen LogP contribution < -0.4 is 4.74 Å². The molecule has 0 fully saturated rings. The largest absolute Gasteiger partial charge is 0.489 e. The molecule has 1 rings (SSSR count). The summed E-state index contributed by atoms with van der Waals surface area (Å²) in [5, 5.41) is 0. The summed E-state index contributed by atoms with van der Waals surface area (Å²) in [6, 6.07) is 2.10. The molecule has 2 nitrogen and oxygen atoms in total. The van der Waals surface area contributed by atoms with Crippen LogP contribution in [0.3, 0.4) is 0 Å². The SMILES string of the molecule is CCCC(Br)CCc1cncc(OC(C)C)c1. The van der Waals surface area contributed by atoms with Gasteiger partial charge in [-0.25, -0.2) is 0 Å². The van der Waals surface area contributed by atoms with Crippen LogP contribution in [0.15, 0.2) is 18.5 Å². The van der Waals surface area contributed by atoms with Crippen molar-refractivity contribution in [3.05, 3.63) is 24.0 Å². The highest BCUT2D eigenvalue weighted by Gasteiger charge is 2.05. The fourth-order valence-electron chi connectivity index (χ4n) is 1.72. The molecule has 1 unspecified atom stereocenters. The second kappa shape index (κ2) is 7.70. The first-order valence-corrected chi connectivity index (χ1v) is 7.28. The maximum Gasteiger partial charge on any atom is 0.138 e. The van der Waals surface area contributed by atoms with E-state index in [0.717, 1.165) is 18.6 Å². The Hall–Kier alpha value is -0.570. The van der Waals surface area contributed by atoms with E-state index in [0.29, 0.717) is 4.83 Å². The Kier molecular flexibility index (Phi) is 6.56. The van der Waals surface area contributed by atoms with Crippen molar-refractivity contribution in [3.63, 3.8) is 0 Å². The van der Waals surface area contributed by atoms with Crippen LogP contribution in [0.25, 0.3) is 0 Å². The standard InChI is InChI=1S/C14H22BrNO/c1-4-5-13(15)7-6-12-8-14(10-16-9-12)17-11(2)3/h8-11,13H,4-7H2,1-3H3. The molecule has 3 heteroatoms. The van der Waals surface area contributed by atoms with Crippen LogP contribution >= 0.6 is 15.9 Å². The predicted molar refractivity (Wildman–Crippen MR) is 75.9 cm³/mol. The quantitative estimate of drug-likeness (QED) is 0.698. The van der Waals surface area contributed by atoms with Crippen LogP contribution in [0.4, 0.5) is 0 Å². The Morgan fingerprint density at radius 3 is 2.71 bits per heavy atom. The highest BCUT2D eigenvalue weighted by Crippen LogP contribution is 2.18. The van der Waals surface area contributed by atoms with E-state index in [9.17, 15) is 0 Å². The summed E-state index contributed by atoms with van der Waals surface area (Å²) in [5.74, 6) is 0.874. The lowest BCUT2D eigenvalue weighted by molar-refractivity contribution is 0.241. The molecular weight excluding hydrogens is 278 g/mol. The summed E-state index contributed by atoms with van der Waals surface area (Å²) in [6.07, 6.45) is 8.58. The lowest BCUT2D eigenvalue weighted by Gasteiger charge is -2.11. The third-order valence-electron chi connectivity index (χ3n) is 2.49. The van der Waals surface area contributed by atoms with Gasteiger partial charge in [0.15, 0.2) is 0 Å². The Morgan fingerprint density at radius 2 is 2.06 bits per heavy atom. The van der Waals surface area contributed by atoms with Crippen molar-refractivity contribution in [3.8, 4) is 5.75 Å². The van der Waals surface area contributed by atoms with Crippen LogP contribution in [0.2, 0.25) is 0 Å². The minimum atomic E-state index is 0.205. The van der Waals surface area contributed by atoms with Gasteiger partial charge in [-0.2, -0.15) is 0 Å². The molecule has 0 saturated carbocycles. The van der Waals surface area contributed by atoms with E-state index < -0.39 is 0 Å². The van der Waals surface area contributed by atoms with E-state index >= 15 is 0 Å². The minimum absolute atomic E-state index is 0.205. The first-order valence-electron chi connectivity index (χ1n) is 6.36. The topological polar surface area (TPSA) is 22.1 Å². The van der Waals surface area contributed by atoms with Crippen LogP contribution in [0, 0.1) is 0 Å². The fraction of sp³-hybridized carbons (Fsp3) is 0.643. The summed E-state index contributed by atoms with van der Waals surface area (Å²) in [5.41, 5.74) is 1.25.